The summed E-state index contributed by atoms with van der Waals surface area (Å²) < 4.78 is 52.8. The second kappa shape index (κ2) is 6.22. The van der Waals surface area contributed by atoms with Crippen molar-refractivity contribution in [2.24, 2.45) is 0 Å². The molecule has 0 radical (unpaired) electrons. The summed E-state index contributed by atoms with van der Waals surface area (Å²) in [7, 11) is -3.90. The molecule has 2 aromatic rings. The minimum absolute atomic E-state index is 0.185. The van der Waals surface area contributed by atoms with Gasteiger partial charge in [-0.2, -0.15) is 4.31 Å². The molecule has 0 spiro atoms. The van der Waals surface area contributed by atoms with Gasteiger partial charge < -0.3 is 0 Å². The maximum atomic E-state index is 13.3. The minimum atomic E-state index is -3.90. The number of nitrogens with zero attached hydrogens (tertiary/aromatic N) is 1. The molecule has 0 amide bonds. The van der Waals surface area contributed by atoms with Gasteiger partial charge in [-0.25, -0.2) is 17.2 Å². The number of halogens is 2. The monoisotopic (exact) mass is 335 g/mol. The normalized spacial score (nSPS) is 16.2. The van der Waals surface area contributed by atoms with Crippen LogP contribution in [-0.4, -0.2) is 25.8 Å². The fraction of sp³-hybridized carbons (Fsp3) is 0.176. The molecule has 0 aromatic heterocycles. The molecule has 2 aromatic carbocycles. The van der Waals surface area contributed by atoms with Gasteiger partial charge in [-0.05, 0) is 29.7 Å². The zero-order valence-electron chi connectivity index (χ0n) is 12.2. The molecule has 3 nitrogen and oxygen atoms in total. The molecular weight excluding hydrogens is 320 g/mol. The van der Waals surface area contributed by atoms with Crippen LogP contribution in [0.25, 0.3) is 5.57 Å². The van der Waals surface area contributed by atoms with E-state index in [4.69, 9.17) is 0 Å². The molecule has 0 unspecified atom stereocenters. The highest BCUT2D eigenvalue weighted by Gasteiger charge is 2.27. The summed E-state index contributed by atoms with van der Waals surface area (Å²) in [6.45, 7) is 0.464. The quantitative estimate of drug-likeness (QED) is 0.862. The maximum absolute atomic E-state index is 13.3. The maximum Gasteiger partial charge on any atom is 0.243 e. The first-order valence-corrected chi connectivity index (χ1v) is 8.61. The minimum Gasteiger partial charge on any atom is -0.207 e. The van der Waals surface area contributed by atoms with Gasteiger partial charge >= 0.3 is 0 Å². The van der Waals surface area contributed by atoms with Crippen molar-refractivity contribution in [3.05, 3.63) is 71.8 Å². The summed E-state index contributed by atoms with van der Waals surface area (Å²) in [5.41, 5.74) is 2.13. The third kappa shape index (κ3) is 3.33. The van der Waals surface area contributed by atoms with Gasteiger partial charge in [0.05, 0.1) is 4.90 Å². The largest absolute Gasteiger partial charge is 0.243 e. The lowest BCUT2D eigenvalue weighted by atomic mass is 10.0. The Morgan fingerprint density at radius 2 is 1.61 bits per heavy atom. The molecule has 120 valence electrons. The predicted molar refractivity (Wildman–Crippen MR) is 84.2 cm³/mol. The number of hydrogen-bond acceptors (Lipinski definition) is 2. The first kappa shape index (κ1) is 15.8. The molecule has 0 saturated carbocycles. The van der Waals surface area contributed by atoms with Gasteiger partial charge in [0, 0.05) is 19.2 Å². The lowest BCUT2D eigenvalue weighted by Crippen LogP contribution is -2.34. The van der Waals surface area contributed by atoms with E-state index in [1.807, 2.05) is 36.4 Å². The summed E-state index contributed by atoms with van der Waals surface area (Å²) in [5, 5.41) is 0. The van der Waals surface area contributed by atoms with Crippen molar-refractivity contribution in [3.8, 4) is 0 Å². The van der Waals surface area contributed by atoms with Crippen molar-refractivity contribution in [3.63, 3.8) is 0 Å². The number of sulfonamides is 1. The molecule has 23 heavy (non-hydrogen) atoms. The van der Waals surface area contributed by atoms with Crippen molar-refractivity contribution < 1.29 is 17.2 Å². The highest BCUT2D eigenvalue weighted by Crippen LogP contribution is 2.26. The molecule has 1 aliphatic rings. The Morgan fingerprint density at radius 1 is 0.957 bits per heavy atom. The van der Waals surface area contributed by atoms with Crippen LogP contribution in [0, 0.1) is 11.6 Å². The third-order valence-electron chi connectivity index (χ3n) is 3.79. The summed E-state index contributed by atoms with van der Waals surface area (Å²) in [4.78, 5) is -0.355. The number of benzene rings is 2. The van der Waals surface area contributed by atoms with Crippen LogP contribution in [0.1, 0.15) is 12.0 Å². The Kier molecular flexibility index (Phi) is 4.28. The Morgan fingerprint density at radius 3 is 2.17 bits per heavy atom. The lowest BCUT2D eigenvalue weighted by Gasteiger charge is -2.26. The van der Waals surface area contributed by atoms with Crippen molar-refractivity contribution in [1.29, 1.82) is 0 Å². The fourth-order valence-electron chi connectivity index (χ4n) is 2.61. The molecule has 0 aliphatic carbocycles. The van der Waals surface area contributed by atoms with Gasteiger partial charge in [0.1, 0.15) is 11.6 Å². The van der Waals surface area contributed by atoms with Crippen molar-refractivity contribution in [2.75, 3.05) is 13.1 Å². The van der Waals surface area contributed by atoms with E-state index >= 15 is 0 Å². The SMILES string of the molecule is O=S(=O)(c1cc(F)cc(F)c1)N1CC=C(c2ccccc2)CC1. The van der Waals surface area contributed by atoms with Gasteiger partial charge in [0.25, 0.3) is 0 Å². The molecule has 1 aliphatic heterocycles. The van der Waals surface area contributed by atoms with Crippen LogP contribution in [0.4, 0.5) is 8.78 Å². The van der Waals surface area contributed by atoms with E-state index in [1.165, 1.54) is 4.31 Å². The second-order valence-electron chi connectivity index (χ2n) is 5.31. The Labute approximate surface area is 133 Å². The van der Waals surface area contributed by atoms with Crippen LogP contribution in [-0.2, 0) is 10.0 Å². The van der Waals surface area contributed by atoms with Crippen molar-refractivity contribution in [1.82, 2.24) is 4.31 Å². The fourth-order valence-corrected chi connectivity index (χ4v) is 4.03. The second-order valence-corrected chi connectivity index (χ2v) is 7.25. The summed E-state index contributed by atoms with van der Waals surface area (Å²) in [6, 6.07) is 12.0. The van der Waals surface area contributed by atoms with Crippen LogP contribution in [0.15, 0.2) is 59.5 Å². The highest BCUT2D eigenvalue weighted by atomic mass is 32.2. The van der Waals surface area contributed by atoms with E-state index < -0.39 is 21.7 Å². The van der Waals surface area contributed by atoms with Crippen molar-refractivity contribution >= 4 is 15.6 Å². The molecule has 0 atom stereocenters. The Bertz CT molecular complexity index is 828. The number of rotatable bonds is 3. The van der Waals surface area contributed by atoms with E-state index in [-0.39, 0.29) is 18.0 Å². The van der Waals surface area contributed by atoms with Gasteiger partial charge in [0.15, 0.2) is 0 Å². The summed E-state index contributed by atoms with van der Waals surface area (Å²) in [6.07, 6.45) is 2.40. The molecule has 0 bridgehead atoms. The van der Waals surface area contributed by atoms with E-state index in [0.717, 1.165) is 23.3 Å². The molecule has 0 N–H and O–H groups in total. The third-order valence-corrected chi connectivity index (χ3v) is 5.63. The van der Waals surface area contributed by atoms with Gasteiger partial charge in [-0.1, -0.05) is 36.4 Å². The first-order valence-electron chi connectivity index (χ1n) is 7.17. The van der Waals surface area contributed by atoms with E-state index in [2.05, 4.69) is 0 Å². The van der Waals surface area contributed by atoms with Crippen LogP contribution in [0.5, 0.6) is 0 Å². The molecule has 0 saturated heterocycles. The van der Waals surface area contributed by atoms with Gasteiger partial charge in [-0.3, -0.25) is 0 Å². The van der Waals surface area contributed by atoms with Crippen LogP contribution < -0.4 is 0 Å². The van der Waals surface area contributed by atoms with E-state index in [9.17, 15) is 17.2 Å². The summed E-state index contributed by atoms with van der Waals surface area (Å²) >= 11 is 0. The average molecular weight is 335 g/mol. The van der Waals surface area contributed by atoms with Crippen LogP contribution in [0.3, 0.4) is 0 Å². The zero-order valence-corrected chi connectivity index (χ0v) is 13.1. The summed E-state index contributed by atoms with van der Waals surface area (Å²) in [5.74, 6) is -1.80. The van der Waals surface area contributed by atoms with Gasteiger partial charge in [-0.15, -0.1) is 0 Å². The molecular formula is C17H15F2NO2S. The van der Waals surface area contributed by atoms with Crippen molar-refractivity contribution in [2.45, 2.75) is 11.3 Å². The molecule has 3 rings (SSSR count). The topological polar surface area (TPSA) is 37.4 Å². The molecule has 6 heteroatoms. The standard InChI is InChI=1S/C17H15F2NO2S/c18-15-10-16(19)12-17(11-15)23(21,22)20-8-6-14(7-9-20)13-4-2-1-3-5-13/h1-6,10-12H,7-9H2. The molecule has 0 fully saturated rings. The first-order chi connectivity index (χ1) is 11.0. The Hall–Kier alpha value is -2.05. The van der Waals surface area contributed by atoms with E-state index in [1.54, 1.807) is 0 Å². The number of hydrogen-bond donors (Lipinski definition) is 0. The zero-order chi connectivity index (χ0) is 16.4. The average Bonchev–Trinajstić information content (AvgIpc) is 2.55. The molecule has 1 heterocycles. The van der Waals surface area contributed by atoms with Crippen LogP contribution in [0.2, 0.25) is 0 Å². The highest BCUT2D eigenvalue weighted by molar-refractivity contribution is 7.89. The predicted octanol–water partition coefficient (Wildman–Crippen LogP) is 3.44. The van der Waals surface area contributed by atoms with Crippen LogP contribution >= 0.6 is 0 Å². The smallest absolute Gasteiger partial charge is 0.207 e. The Balaban J connectivity index is 1.85. The lowest BCUT2D eigenvalue weighted by molar-refractivity contribution is 0.439. The van der Waals surface area contributed by atoms with Gasteiger partial charge in [0.2, 0.25) is 10.0 Å². The van der Waals surface area contributed by atoms with E-state index in [0.29, 0.717) is 12.5 Å².